The summed E-state index contributed by atoms with van der Waals surface area (Å²) in [5.41, 5.74) is 0.481. The Morgan fingerprint density at radius 3 is 2.49 bits per heavy atom. The molecule has 2 aromatic carbocycles. The van der Waals surface area contributed by atoms with Crippen LogP contribution < -0.4 is 4.74 Å². The van der Waals surface area contributed by atoms with Crippen molar-refractivity contribution in [3.8, 4) is 5.75 Å². The summed E-state index contributed by atoms with van der Waals surface area (Å²) in [4.78, 5) is 27.6. The predicted molar refractivity (Wildman–Crippen MR) is 139 cm³/mol. The number of carboxylic acid groups (broad SMARTS) is 1. The van der Waals surface area contributed by atoms with Gasteiger partial charge in [-0.3, -0.25) is 9.69 Å². The number of halogens is 2. The molecule has 3 rings (SSSR count). The fourth-order valence-electron chi connectivity index (χ4n) is 4.28. The molecule has 2 atom stereocenters. The average Bonchev–Trinajstić information content (AvgIpc) is 3.22. The quantitative estimate of drug-likeness (QED) is 0.420. The molecular weight excluding hydrogens is 502 g/mol. The van der Waals surface area contributed by atoms with Crippen LogP contribution >= 0.6 is 11.8 Å². The molecular formula is C27H34F2N2O5S. The average molecular weight is 537 g/mol. The number of ether oxygens (including phenoxy) is 2. The van der Waals surface area contributed by atoms with E-state index in [1.54, 1.807) is 44.5 Å². The van der Waals surface area contributed by atoms with Crippen LogP contribution in [0.15, 0.2) is 42.5 Å². The normalized spacial score (nSPS) is 17.8. The zero-order chi connectivity index (χ0) is 27.2. The Morgan fingerprint density at radius 1 is 1.16 bits per heavy atom. The molecule has 0 bridgehead atoms. The van der Waals surface area contributed by atoms with Gasteiger partial charge in [0.1, 0.15) is 23.0 Å². The van der Waals surface area contributed by atoms with Crippen molar-refractivity contribution in [1.82, 2.24) is 9.80 Å². The maximum Gasteiger partial charge on any atom is 0.407 e. The number of methoxy groups -OCH3 is 1. The van der Waals surface area contributed by atoms with Crippen LogP contribution in [0.25, 0.3) is 0 Å². The molecule has 1 amide bonds. The van der Waals surface area contributed by atoms with Gasteiger partial charge in [-0.15, -0.1) is 0 Å². The Balaban J connectivity index is 1.71. The number of amides is 1. The Labute approximate surface area is 220 Å². The van der Waals surface area contributed by atoms with E-state index in [1.807, 2.05) is 24.3 Å². The van der Waals surface area contributed by atoms with Crippen LogP contribution in [0.4, 0.5) is 13.6 Å². The van der Waals surface area contributed by atoms with Gasteiger partial charge in [0.2, 0.25) is 0 Å². The van der Waals surface area contributed by atoms with Gasteiger partial charge < -0.3 is 19.5 Å². The Hall–Kier alpha value is -2.85. The number of nitrogens with zero attached hydrogens (tertiary/aromatic N) is 2. The number of hydrogen-bond donors (Lipinski definition) is 1. The van der Waals surface area contributed by atoms with Crippen molar-refractivity contribution in [3.63, 3.8) is 0 Å². The van der Waals surface area contributed by atoms with Crippen molar-refractivity contribution in [2.75, 3.05) is 26.7 Å². The molecule has 1 heterocycles. The third-order valence-corrected chi connectivity index (χ3v) is 7.22. The molecule has 202 valence electrons. The molecule has 0 aromatic heterocycles. The van der Waals surface area contributed by atoms with Gasteiger partial charge in [-0.1, -0.05) is 12.1 Å². The number of carbonyl (C=O) groups is 2. The third-order valence-electron chi connectivity index (χ3n) is 5.91. The van der Waals surface area contributed by atoms with Gasteiger partial charge in [-0.05, 0) is 63.1 Å². The molecule has 2 aromatic rings. The molecule has 0 radical (unpaired) electrons. The maximum atomic E-state index is 14.4. The second kappa shape index (κ2) is 12.6. The van der Waals surface area contributed by atoms with Crippen LogP contribution in [0.2, 0.25) is 0 Å². The molecule has 1 aliphatic heterocycles. The van der Waals surface area contributed by atoms with Crippen molar-refractivity contribution in [3.05, 3.63) is 65.2 Å². The maximum absolute atomic E-state index is 14.4. The Morgan fingerprint density at radius 2 is 1.86 bits per heavy atom. The molecule has 1 saturated heterocycles. The Kier molecular flexibility index (Phi) is 9.78. The molecule has 0 aliphatic carbocycles. The van der Waals surface area contributed by atoms with E-state index >= 15 is 0 Å². The summed E-state index contributed by atoms with van der Waals surface area (Å²) >= 11 is 1.67. The standard InChI is InChI=1S/C27H34F2N2O5S/c1-27(2,3)36-25(32)16-30(13-19-11-20(28)7-10-24(19)29)14-21-12-23(15-31(21)26(33)34)37-17-18-5-8-22(35-4)9-6-18/h5-11,21,23H,12-17H2,1-4H3,(H,33,34)/t21-,23+/m0/s1. The first-order valence-corrected chi connectivity index (χ1v) is 13.1. The van der Waals surface area contributed by atoms with E-state index in [2.05, 4.69) is 0 Å². The van der Waals surface area contributed by atoms with Crippen LogP contribution in [0.3, 0.4) is 0 Å². The molecule has 1 N–H and O–H groups in total. The van der Waals surface area contributed by atoms with Gasteiger partial charge in [0.05, 0.1) is 13.7 Å². The van der Waals surface area contributed by atoms with Crippen molar-refractivity contribution in [1.29, 1.82) is 0 Å². The second-order valence-electron chi connectivity index (χ2n) is 10.1. The number of thioether (sulfide) groups is 1. The molecule has 0 spiro atoms. The highest BCUT2D eigenvalue weighted by atomic mass is 32.2. The van der Waals surface area contributed by atoms with Crippen molar-refractivity contribution in [2.45, 2.75) is 56.4 Å². The summed E-state index contributed by atoms with van der Waals surface area (Å²) in [7, 11) is 1.61. The highest BCUT2D eigenvalue weighted by molar-refractivity contribution is 7.99. The van der Waals surface area contributed by atoms with E-state index < -0.39 is 35.3 Å². The van der Waals surface area contributed by atoms with Crippen LogP contribution in [0, 0.1) is 11.6 Å². The van der Waals surface area contributed by atoms with Gasteiger partial charge in [-0.25, -0.2) is 13.6 Å². The summed E-state index contributed by atoms with van der Waals surface area (Å²) in [5.74, 6) is -0.215. The van der Waals surface area contributed by atoms with Crippen molar-refractivity contribution >= 4 is 23.8 Å². The lowest BCUT2D eigenvalue weighted by Crippen LogP contribution is -2.44. The first kappa shape index (κ1) is 28.7. The summed E-state index contributed by atoms with van der Waals surface area (Å²) in [6.45, 7) is 5.52. The number of likely N-dealkylation sites (tertiary alicyclic amines) is 1. The second-order valence-corrected chi connectivity index (χ2v) is 11.4. The minimum atomic E-state index is -1.05. The molecule has 37 heavy (non-hydrogen) atoms. The minimum absolute atomic E-state index is 0.0532. The highest BCUT2D eigenvalue weighted by Gasteiger charge is 2.37. The molecule has 0 unspecified atom stereocenters. The fourth-order valence-corrected chi connectivity index (χ4v) is 5.53. The van der Waals surface area contributed by atoms with Crippen LogP contribution in [0.5, 0.6) is 5.75 Å². The fraction of sp³-hybridized carbons (Fsp3) is 0.481. The van der Waals surface area contributed by atoms with Crippen molar-refractivity contribution in [2.24, 2.45) is 0 Å². The zero-order valence-corrected chi connectivity index (χ0v) is 22.4. The van der Waals surface area contributed by atoms with Gasteiger partial charge in [0, 0.05) is 42.2 Å². The van der Waals surface area contributed by atoms with Crippen molar-refractivity contribution < 1.29 is 33.0 Å². The summed E-state index contributed by atoms with van der Waals surface area (Å²) < 4.78 is 38.8. The third kappa shape index (κ3) is 8.89. The number of hydrogen-bond acceptors (Lipinski definition) is 6. The molecule has 7 nitrogen and oxygen atoms in total. The van der Waals surface area contributed by atoms with E-state index in [0.29, 0.717) is 18.7 Å². The predicted octanol–water partition coefficient (Wildman–Crippen LogP) is 5.17. The van der Waals surface area contributed by atoms with Crippen LogP contribution in [0.1, 0.15) is 38.3 Å². The number of carbonyl (C=O) groups excluding carboxylic acids is 1. The lowest BCUT2D eigenvalue weighted by molar-refractivity contribution is -0.156. The molecule has 1 fully saturated rings. The molecule has 1 aliphatic rings. The number of benzene rings is 2. The van der Waals surface area contributed by atoms with E-state index in [4.69, 9.17) is 9.47 Å². The Bertz CT molecular complexity index is 1080. The molecule has 0 saturated carbocycles. The van der Waals surface area contributed by atoms with Gasteiger partial charge in [0.15, 0.2) is 0 Å². The summed E-state index contributed by atoms with van der Waals surface area (Å²) in [6, 6.07) is 10.5. The largest absolute Gasteiger partial charge is 0.497 e. The number of esters is 1. The van der Waals surface area contributed by atoms with Crippen LogP contribution in [-0.2, 0) is 21.8 Å². The first-order valence-electron chi connectivity index (χ1n) is 12.1. The topological polar surface area (TPSA) is 79.3 Å². The first-order chi connectivity index (χ1) is 17.4. The van der Waals surface area contributed by atoms with Gasteiger partial charge in [0.25, 0.3) is 0 Å². The number of rotatable bonds is 10. The van der Waals surface area contributed by atoms with Gasteiger partial charge >= 0.3 is 12.1 Å². The van der Waals surface area contributed by atoms with Crippen LogP contribution in [-0.4, -0.2) is 70.6 Å². The SMILES string of the molecule is COc1ccc(CS[C@@H]2C[C@@H](CN(CC(=O)OC(C)(C)C)Cc3cc(F)ccc3F)N(C(=O)O)C2)cc1. The monoisotopic (exact) mass is 536 g/mol. The van der Waals surface area contributed by atoms with E-state index in [9.17, 15) is 23.5 Å². The van der Waals surface area contributed by atoms with E-state index in [1.165, 1.54) is 4.90 Å². The van der Waals surface area contributed by atoms with E-state index in [-0.39, 0.29) is 30.4 Å². The summed E-state index contributed by atoms with van der Waals surface area (Å²) in [5, 5.41) is 9.90. The minimum Gasteiger partial charge on any atom is -0.497 e. The lowest BCUT2D eigenvalue weighted by atomic mass is 10.1. The van der Waals surface area contributed by atoms with E-state index in [0.717, 1.165) is 29.5 Å². The highest BCUT2D eigenvalue weighted by Crippen LogP contribution is 2.31. The molecule has 10 heteroatoms. The smallest absolute Gasteiger partial charge is 0.407 e. The lowest BCUT2D eigenvalue weighted by Gasteiger charge is -2.30. The zero-order valence-electron chi connectivity index (χ0n) is 21.6. The summed E-state index contributed by atoms with van der Waals surface area (Å²) in [6.07, 6.45) is -0.476. The van der Waals surface area contributed by atoms with Gasteiger partial charge in [-0.2, -0.15) is 11.8 Å².